The molecule has 0 aliphatic heterocycles. The van der Waals surface area contributed by atoms with Crippen molar-refractivity contribution in [1.29, 1.82) is 0 Å². The van der Waals surface area contributed by atoms with Gasteiger partial charge in [0.05, 0.1) is 11.9 Å². The van der Waals surface area contributed by atoms with Gasteiger partial charge in [-0.05, 0) is 23.8 Å². The fourth-order valence-corrected chi connectivity index (χ4v) is 1.50. The number of carboxylic acids is 1. The number of nitrogen functional groups attached to an aromatic ring is 1. The summed E-state index contributed by atoms with van der Waals surface area (Å²) in [6.07, 6.45) is 1.27. The van der Waals surface area contributed by atoms with Crippen LogP contribution in [0.2, 0.25) is 0 Å². The van der Waals surface area contributed by atoms with Crippen LogP contribution in [0, 0.1) is 5.82 Å². The Morgan fingerprint density at radius 3 is 2.53 bits per heavy atom. The number of carboxylic acid groups (broad SMARTS) is 1. The Labute approximate surface area is 96.5 Å². The molecule has 4 nitrogen and oxygen atoms in total. The lowest BCUT2D eigenvalue weighted by atomic mass is 10.0. The van der Waals surface area contributed by atoms with Crippen LogP contribution in [0.1, 0.15) is 10.5 Å². The molecule has 17 heavy (non-hydrogen) atoms. The monoisotopic (exact) mass is 232 g/mol. The second-order valence-electron chi connectivity index (χ2n) is 3.48. The zero-order valence-corrected chi connectivity index (χ0v) is 8.72. The largest absolute Gasteiger partial charge is 0.476 e. The zero-order chi connectivity index (χ0) is 12.4. The van der Waals surface area contributed by atoms with Gasteiger partial charge < -0.3 is 10.8 Å². The first-order valence-electron chi connectivity index (χ1n) is 4.82. The summed E-state index contributed by atoms with van der Waals surface area (Å²) in [5.74, 6) is -1.54. The summed E-state index contributed by atoms with van der Waals surface area (Å²) in [6, 6.07) is 6.98. The van der Waals surface area contributed by atoms with Crippen molar-refractivity contribution >= 4 is 11.7 Å². The van der Waals surface area contributed by atoms with E-state index in [0.29, 0.717) is 16.8 Å². The van der Waals surface area contributed by atoms with E-state index >= 15 is 0 Å². The number of aromatic carboxylic acids is 1. The molecule has 2 aromatic rings. The third-order valence-corrected chi connectivity index (χ3v) is 2.27. The molecule has 86 valence electrons. The maximum atomic E-state index is 12.8. The SMILES string of the molecule is Nc1cnc(C(=O)O)c(-c2ccc(F)cc2)c1. The number of benzene rings is 1. The summed E-state index contributed by atoms with van der Waals surface area (Å²) in [4.78, 5) is 14.8. The molecule has 0 amide bonds. The Bertz CT molecular complexity index is 567. The molecule has 2 rings (SSSR count). The van der Waals surface area contributed by atoms with Crippen molar-refractivity contribution < 1.29 is 14.3 Å². The number of nitrogens with zero attached hydrogens (tertiary/aromatic N) is 1. The van der Waals surface area contributed by atoms with Gasteiger partial charge in [-0.15, -0.1) is 0 Å². The summed E-state index contributed by atoms with van der Waals surface area (Å²) in [6.45, 7) is 0. The van der Waals surface area contributed by atoms with Crippen LogP contribution >= 0.6 is 0 Å². The molecule has 0 radical (unpaired) electrons. The van der Waals surface area contributed by atoms with Gasteiger partial charge in [0.2, 0.25) is 0 Å². The number of carbonyl (C=O) groups is 1. The van der Waals surface area contributed by atoms with Crippen molar-refractivity contribution in [2.24, 2.45) is 0 Å². The van der Waals surface area contributed by atoms with Crippen molar-refractivity contribution in [1.82, 2.24) is 4.98 Å². The molecular weight excluding hydrogens is 223 g/mol. The molecule has 5 heteroatoms. The fraction of sp³-hybridized carbons (Fsp3) is 0. The summed E-state index contributed by atoms with van der Waals surface area (Å²) in [5, 5.41) is 9.00. The van der Waals surface area contributed by atoms with E-state index in [4.69, 9.17) is 10.8 Å². The number of nitrogens with two attached hydrogens (primary N) is 1. The number of anilines is 1. The minimum atomic E-state index is -1.15. The van der Waals surface area contributed by atoms with Crippen molar-refractivity contribution in [2.45, 2.75) is 0 Å². The molecule has 0 saturated carbocycles. The third kappa shape index (κ3) is 2.23. The predicted octanol–water partition coefficient (Wildman–Crippen LogP) is 2.17. The molecule has 0 bridgehead atoms. The third-order valence-electron chi connectivity index (χ3n) is 2.27. The van der Waals surface area contributed by atoms with Crippen LogP contribution in [-0.2, 0) is 0 Å². The fourth-order valence-electron chi connectivity index (χ4n) is 1.50. The number of aromatic nitrogens is 1. The van der Waals surface area contributed by atoms with E-state index in [9.17, 15) is 9.18 Å². The topological polar surface area (TPSA) is 76.2 Å². The first-order valence-corrected chi connectivity index (χ1v) is 4.82. The van der Waals surface area contributed by atoms with E-state index in [1.807, 2.05) is 0 Å². The van der Waals surface area contributed by atoms with Crippen molar-refractivity contribution in [3.63, 3.8) is 0 Å². The van der Waals surface area contributed by atoms with Gasteiger partial charge in [-0.1, -0.05) is 12.1 Å². The van der Waals surface area contributed by atoms with Gasteiger partial charge in [0.25, 0.3) is 0 Å². The Morgan fingerprint density at radius 2 is 1.94 bits per heavy atom. The molecule has 0 aliphatic carbocycles. The quantitative estimate of drug-likeness (QED) is 0.831. The Morgan fingerprint density at radius 1 is 1.29 bits per heavy atom. The van der Waals surface area contributed by atoms with E-state index < -0.39 is 5.97 Å². The smallest absolute Gasteiger partial charge is 0.355 e. The molecule has 0 unspecified atom stereocenters. The molecule has 0 fully saturated rings. The molecule has 0 spiro atoms. The standard InChI is InChI=1S/C12H9FN2O2/c13-8-3-1-7(2-4-8)10-5-9(14)6-15-11(10)12(16)17/h1-6H,14H2,(H,16,17). The molecule has 1 aromatic heterocycles. The Kier molecular flexibility index (Phi) is 2.74. The first-order chi connectivity index (χ1) is 8.08. The van der Waals surface area contributed by atoms with E-state index in [-0.39, 0.29) is 11.5 Å². The minimum absolute atomic E-state index is 0.106. The molecule has 3 N–H and O–H groups in total. The van der Waals surface area contributed by atoms with Crippen molar-refractivity contribution in [3.8, 4) is 11.1 Å². The summed E-state index contributed by atoms with van der Waals surface area (Å²) < 4.78 is 12.8. The molecule has 0 atom stereocenters. The zero-order valence-electron chi connectivity index (χ0n) is 8.72. The number of hydrogen-bond donors (Lipinski definition) is 2. The van der Waals surface area contributed by atoms with Gasteiger partial charge in [0.1, 0.15) is 5.82 Å². The molecule has 1 heterocycles. The Hall–Kier alpha value is -2.43. The van der Waals surface area contributed by atoms with Crippen LogP contribution in [0.25, 0.3) is 11.1 Å². The Balaban J connectivity index is 2.60. The average molecular weight is 232 g/mol. The summed E-state index contributed by atoms with van der Waals surface area (Å²) >= 11 is 0. The van der Waals surface area contributed by atoms with Crippen molar-refractivity contribution in [2.75, 3.05) is 5.73 Å². The number of hydrogen-bond acceptors (Lipinski definition) is 3. The van der Waals surface area contributed by atoms with Gasteiger partial charge in [0.15, 0.2) is 5.69 Å². The summed E-state index contributed by atoms with van der Waals surface area (Å²) in [7, 11) is 0. The highest BCUT2D eigenvalue weighted by molar-refractivity contribution is 5.94. The van der Waals surface area contributed by atoms with Crippen LogP contribution < -0.4 is 5.73 Å². The predicted molar refractivity (Wildman–Crippen MR) is 61.0 cm³/mol. The van der Waals surface area contributed by atoms with E-state index in [1.54, 1.807) is 0 Å². The average Bonchev–Trinajstić information content (AvgIpc) is 2.29. The van der Waals surface area contributed by atoms with Crippen LogP contribution in [0.3, 0.4) is 0 Å². The van der Waals surface area contributed by atoms with Crippen LogP contribution in [0.5, 0.6) is 0 Å². The maximum Gasteiger partial charge on any atom is 0.355 e. The highest BCUT2D eigenvalue weighted by Gasteiger charge is 2.13. The normalized spacial score (nSPS) is 10.2. The maximum absolute atomic E-state index is 12.8. The molecule has 1 aromatic carbocycles. The van der Waals surface area contributed by atoms with E-state index in [1.165, 1.54) is 36.5 Å². The summed E-state index contributed by atoms with van der Waals surface area (Å²) in [5.41, 5.74) is 6.75. The number of pyridine rings is 1. The number of rotatable bonds is 2. The molecule has 0 saturated heterocycles. The van der Waals surface area contributed by atoms with Gasteiger partial charge in [-0.2, -0.15) is 0 Å². The second kappa shape index (κ2) is 4.21. The first kappa shape index (κ1) is 11.1. The number of halogens is 1. The van der Waals surface area contributed by atoms with Crippen LogP contribution in [0.15, 0.2) is 36.5 Å². The lowest BCUT2D eigenvalue weighted by Crippen LogP contribution is -2.04. The second-order valence-corrected chi connectivity index (χ2v) is 3.48. The van der Waals surface area contributed by atoms with Crippen LogP contribution in [0.4, 0.5) is 10.1 Å². The highest BCUT2D eigenvalue weighted by atomic mass is 19.1. The van der Waals surface area contributed by atoms with Gasteiger partial charge in [-0.3, -0.25) is 0 Å². The van der Waals surface area contributed by atoms with E-state index in [2.05, 4.69) is 4.98 Å². The van der Waals surface area contributed by atoms with Crippen LogP contribution in [-0.4, -0.2) is 16.1 Å². The highest BCUT2D eigenvalue weighted by Crippen LogP contribution is 2.24. The van der Waals surface area contributed by atoms with Gasteiger partial charge >= 0.3 is 5.97 Å². The van der Waals surface area contributed by atoms with Gasteiger partial charge in [-0.25, -0.2) is 14.2 Å². The lowest BCUT2D eigenvalue weighted by molar-refractivity contribution is 0.0691. The lowest BCUT2D eigenvalue weighted by Gasteiger charge is -2.06. The van der Waals surface area contributed by atoms with E-state index in [0.717, 1.165) is 0 Å². The molecule has 0 aliphatic rings. The van der Waals surface area contributed by atoms with Crippen molar-refractivity contribution in [3.05, 3.63) is 48.0 Å². The van der Waals surface area contributed by atoms with Gasteiger partial charge in [0, 0.05) is 5.56 Å². The molecular formula is C12H9FN2O2. The minimum Gasteiger partial charge on any atom is -0.476 e.